The van der Waals surface area contributed by atoms with Gasteiger partial charge in [-0.15, -0.1) is 4.91 Å². The van der Waals surface area contributed by atoms with Crippen LogP contribution in [0.3, 0.4) is 0 Å². The summed E-state index contributed by atoms with van der Waals surface area (Å²) < 4.78 is 0. The van der Waals surface area contributed by atoms with Crippen LogP contribution in [0, 0.1) is 4.91 Å². The maximum absolute atomic E-state index is 10.8. The number of anilines is 1. The molecule has 0 bridgehead atoms. The highest BCUT2D eigenvalue weighted by atomic mass is 16.4. The molecule has 1 N–H and O–H groups in total. The minimum absolute atomic E-state index is 0.00757. The first kappa shape index (κ1) is 13.2. The van der Waals surface area contributed by atoms with Crippen molar-refractivity contribution in [3.05, 3.63) is 34.7 Å². The highest BCUT2D eigenvalue weighted by Crippen LogP contribution is 2.20. The molecule has 0 aliphatic heterocycles. The fourth-order valence-electron chi connectivity index (χ4n) is 1.68. The van der Waals surface area contributed by atoms with Gasteiger partial charge in [0, 0.05) is 0 Å². The average molecular weight is 236 g/mol. The van der Waals surface area contributed by atoms with E-state index in [0.717, 1.165) is 12.8 Å². The summed E-state index contributed by atoms with van der Waals surface area (Å²) in [6.07, 6.45) is 1.81. The number of aromatic carboxylic acids is 1. The Kier molecular flexibility index (Phi) is 4.63. The topological polar surface area (TPSA) is 70.0 Å². The highest BCUT2D eigenvalue weighted by Gasteiger charge is 2.14. The molecule has 0 amide bonds. The van der Waals surface area contributed by atoms with Gasteiger partial charge in [-0.25, -0.2) is 9.80 Å². The molecule has 0 spiro atoms. The van der Waals surface area contributed by atoms with Crippen molar-refractivity contribution in [3.63, 3.8) is 0 Å². The van der Waals surface area contributed by atoms with E-state index in [1.165, 1.54) is 17.1 Å². The molecule has 92 valence electrons. The van der Waals surface area contributed by atoms with E-state index in [1.807, 2.05) is 13.8 Å². The highest BCUT2D eigenvalue weighted by molar-refractivity contribution is 5.88. The molecule has 1 atom stereocenters. The number of carboxylic acid groups (broad SMARTS) is 1. The number of benzene rings is 1. The molecule has 0 heterocycles. The zero-order chi connectivity index (χ0) is 12.8. The lowest BCUT2D eigenvalue weighted by Gasteiger charge is -2.22. The lowest BCUT2D eigenvalue weighted by atomic mass is 10.1. The first-order chi connectivity index (χ1) is 8.10. The van der Waals surface area contributed by atoms with Crippen molar-refractivity contribution in [2.45, 2.75) is 32.7 Å². The van der Waals surface area contributed by atoms with Crippen LogP contribution in [0.1, 0.15) is 37.0 Å². The van der Waals surface area contributed by atoms with Gasteiger partial charge in [-0.3, -0.25) is 0 Å². The molecule has 0 aliphatic rings. The molecule has 1 aromatic rings. The molecule has 0 aromatic heterocycles. The van der Waals surface area contributed by atoms with Crippen molar-refractivity contribution in [2.24, 2.45) is 5.29 Å². The summed E-state index contributed by atoms with van der Waals surface area (Å²) in [5.41, 5.74) is 0.814. The van der Waals surface area contributed by atoms with Crippen LogP contribution in [0.4, 0.5) is 5.69 Å². The summed E-state index contributed by atoms with van der Waals surface area (Å²) in [4.78, 5) is 21.5. The largest absolute Gasteiger partial charge is 0.478 e. The second kappa shape index (κ2) is 5.98. The van der Waals surface area contributed by atoms with Crippen molar-refractivity contribution < 1.29 is 9.90 Å². The minimum atomic E-state index is -0.983. The van der Waals surface area contributed by atoms with E-state index in [1.54, 1.807) is 12.1 Å². The van der Waals surface area contributed by atoms with Gasteiger partial charge >= 0.3 is 5.97 Å². The molecule has 0 aliphatic carbocycles. The lowest BCUT2D eigenvalue weighted by molar-refractivity contribution is 0.0697. The molecule has 0 saturated carbocycles. The average Bonchev–Trinajstić information content (AvgIpc) is 2.31. The van der Waals surface area contributed by atoms with Gasteiger partial charge in [0.15, 0.2) is 0 Å². The van der Waals surface area contributed by atoms with E-state index < -0.39 is 5.97 Å². The van der Waals surface area contributed by atoms with Crippen LogP contribution in [-0.2, 0) is 0 Å². The third-order valence-corrected chi connectivity index (χ3v) is 2.59. The molecule has 5 heteroatoms. The third kappa shape index (κ3) is 3.27. The van der Waals surface area contributed by atoms with Crippen LogP contribution in [0.2, 0.25) is 0 Å². The normalized spacial score (nSPS) is 11.9. The molecule has 1 unspecified atom stereocenters. The monoisotopic (exact) mass is 236 g/mol. The summed E-state index contributed by atoms with van der Waals surface area (Å²) in [5.74, 6) is -0.983. The third-order valence-electron chi connectivity index (χ3n) is 2.59. The standard InChI is InChI=1S/C12H16N2O3/c1-3-4-9(2)14(13-17)11-7-5-10(6-8-11)12(15)16/h5-9H,3-4H2,1-2H3,(H,15,16). The zero-order valence-corrected chi connectivity index (χ0v) is 9.96. The van der Waals surface area contributed by atoms with E-state index >= 15 is 0 Å². The Hall–Kier alpha value is -1.91. The van der Waals surface area contributed by atoms with Crippen LogP contribution in [0.15, 0.2) is 29.6 Å². The number of hydrogen-bond donors (Lipinski definition) is 1. The van der Waals surface area contributed by atoms with E-state index in [9.17, 15) is 9.70 Å². The predicted octanol–water partition coefficient (Wildman–Crippen LogP) is 3.06. The second-order valence-corrected chi connectivity index (χ2v) is 3.92. The molecule has 0 radical (unpaired) electrons. The quantitative estimate of drug-likeness (QED) is 0.608. The molecule has 1 aromatic carbocycles. The SMILES string of the molecule is CCCC(C)N(N=O)c1ccc(C(=O)O)cc1. The van der Waals surface area contributed by atoms with E-state index in [2.05, 4.69) is 5.29 Å². The number of nitrogens with zero attached hydrogens (tertiary/aromatic N) is 2. The summed E-state index contributed by atoms with van der Waals surface area (Å²) in [6.45, 7) is 3.95. The van der Waals surface area contributed by atoms with Crippen LogP contribution in [0.5, 0.6) is 0 Å². The van der Waals surface area contributed by atoms with Crippen molar-refractivity contribution in [1.82, 2.24) is 0 Å². The van der Waals surface area contributed by atoms with Crippen molar-refractivity contribution in [2.75, 3.05) is 5.01 Å². The lowest BCUT2D eigenvalue weighted by Crippen LogP contribution is -2.27. The molecule has 17 heavy (non-hydrogen) atoms. The van der Waals surface area contributed by atoms with E-state index in [0.29, 0.717) is 5.69 Å². The number of rotatable bonds is 6. The maximum atomic E-state index is 10.8. The fourth-order valence-corrected chi connectivity index (χ4v) is 1.68. The van der Waals surface area contributed by atoms with Gasteiger partial charge in [0.1, 0.15) is 0 Å². The summed E-state index contributed by atoms with van der Waals surface area (Å²) in [5, 5.41) is 13.1. The maximum Gasteiger partial charge on any atom is 0.335 e. The van der Waals surface area contributed by atoms with Crippen molar-refractivity contribution >= 4 is 11.7 Å². The molecular weight excluding hydrogens is 220 g/mol. The Labute approximate surface area is 100 Å². The van der Waals surface area contributed by atoms with Gasteiger partial charge in [0.2, 0.25) is 0 Å². The number of carboxylic acids is 1. The Morgan fingerprint density at radius 3 is 2.41 bits per heavy atom. The van der Waals surface area contributed by atoms with E-state index in [4.69, 9.17) is 5.11 Å². The van der Waals surface area contributed by atoms with E-state index in [-0.39, 0.29) is 11.6 Å². The predicted molar refractivity (Wildman–Crippen MR) is 66.0 cm³/mol. The van der Waals surface area contributed by atoms with Gasteiger partial charge in [0.25, 0.3) is 0 Å². The molecule has 1 rings (SSSR count). The summed E-state index contributed by atoms with van der Waals surface area (Å²) >= 11 is 0. The zero-order valence-electron chi connectivity index (χ0n) is 9.96. The fraction of sp³-hybridized carbons (Fsp3) is 0.417. The molecule has 0 saturated heterocycles. The Bertz CT molecular complexity index is 389. The smallest absolute Gasteiger partial charge is 0.335 e. The molecule has 5 nitrogen and oxygen atoms in total. The molecular formula is C12H16N2O3. The second-order valence-electron chi connectivity index (χ2n) is 3.92. The van der Waals surface area contributed by atoms with Crippen LogP contribution in [0.25, 0.3) is 0 Å². The first-order valence-corrected chi connectivity index (χ1v) is 5.56. The summed E-state index contributed by atoms with van der Waals surface area (Å²) in [6, 6.07) is 6.13. The summed E-state index contributed by atoms with van der Waals surface area (Å²) in [7, 11) is 0. The Morgan fingerprint density at radius 1 is 1.41 bits per heavy atom. The number of nitroso groups, excluding NO2 is 1. The van der Waals surface area contributed by atoms with Crippen LogP contribution >= 0.6 is 0 Å². The van der Waals surface area contributed by atoms with Crippen molar-refractivity contribution in [1.29, 1.82) is 0 Å². The minimum Gasteiger partial charge on any atom is -0.478 e. The van der Waals surface area contributed by atoms with Crippen LogP contribution < -0.4 is 5.01 Å². The van der Waals surface area contributed by atoms with Crippen molar-refractivity contribution in [3.8, 4) is 0 Å². The van der Waals surface area contributed by atoms with Gasteiger partial charge in [-0.05, 0) is 37.6 Å². The first-order valence-electron chi connectivity index (χ1n) is 5.56. The number of carbonyl (C=O) groups is 1. The number of hydrogen-bond acceptors (Lipinski definition) is 3. The Balaban J connectivity index is 2.89. The van der Waals surface area contributed by atoms with Gasteiger partial charge in [-0.2, -0.15) is 0 Å². The molecule has 0 fully saturated rings. The van der Waals surface area contributed by atoms with Gasteiger partial charge < -0.3 is 5.11 Å². The Morgan fingerprint density at radius 2 is 2.00 bits per heavy atom. The van der Waals surface area contributed by atoms with Gasteiger partial charge in [0.05, 0.1) is 22.6 Å². The van der Waals surface area contributed by atoms with Crippen LogP contribution in [-0.4, -0.2) is 17.1 Å². The van der Waals surface area contributed by atoms with Gasteiger partial charge in [-0.1, -0.05) is 13.3 Å².